The van der Waals surface area contributed by atoms with Crippen molar-refractivity contribution in [2.45, 2.75) is 13.1 Å². The molecule has 0 radical (unpaired) electrons. The summed E-state index contributed by atoms with van der Waals surface area (Å²) in [6, 6.07) is 16.7. The molecule has 2 aromatic carbocycles. The van der Waals surface area contributed by atoms with Crippen LogP contribution in [0, 0.1) is 6.92 Å². The second-order valence-corrected chi connectivity index (χ2v) is 7.23. The largest absolute Gasteiger partial charge is 0.497 e. The predicted octanol–water partition coefficient (Wildman–Crippen LogP) is 3.76. The molecule has 0 aliphatic carbocycles. The fourth-order valence-corrected chi connectivity index (χ4v) is 3.43. The minimum Gasteiger partial charge on any atom is -0.497 e. The van der Waals surface area contributed by atoms with Crippen LogP contribution in [0.5, 0.6) is 5.75 Å². The Balaban J connectivity index is 1.76. The topological polar surface area (TPSA) is 80.5 Å². The van der Waals surface area contributed by atoms with Crippen molar-refractivity contribution in [2.24, 2.45) is 4.99 Å². The molecule has 142 valence electrons. The maximum Gasteiger partial charge on any atom is 0.257 e. The highest BCUT2D eigenvalue weighted by molar-refractivity contribution is 9.10. The first kappa shape index (κ1) is 18.2. The summed E-state index contributed by atoms with van der Waals surface area (Å²) >= 11 is 3.49. The van der Waals surface area contributed by atoms with Crippen LogP contribution in [0.25, 0.3) is 0 Å². The lowest BCUT2D eigenvalue weighted by Gasteiger charge is -2.27. The monoisotopic (exact) mass is 439 g/mol. The third-order valence-corrected chi connectivity index (χ3v) is 4.80. The molecule has 8 heteroatoms. The van der Waals surface area contributed by atoms with Gasteiger partial charge in [-0.25, -0.2) is 9.98 Å². The van der Waals surface area contributed by atoms with Crippen LogP contribution in [-0.4, -0.2) is 22.6 Å². The van der Waals surface area contributed by atoms with Gasteiger partial charge in [0.2, 0.25) is 11.9 Å². The summed E-state index contributed by atoms with van der Waals surface area (Å²) in [5, 5.41) is 6.36. The van der Waals surface area contributed by atoms with Gasteiger partial charge in [-0.2, -0.15) is 0 Å². The maximum absolute atomic E-state index is 12.7. The van der Waals surface area contributed by atoms with Gasteiger partial charge in [0.05, 0.1) is 7.11 Å². The van der Waals surface area contributed by atoms with E-state index < -0.39 is 6.17 Å². The zero-order valence-corrected chi connectivity index (χ0v) is 16.9. The van der Waals surface area contributed by atoms with Gasteiger partial charge in [-0.15, -0.1) is 0 Å². The van der Waals surface area contributed by atoms with Crippen LogP contribution in [0.15, 0.2) is 68.9 Å². The maximum atomic E-state index is 12.7. The molecular weight excluding hydrogens is 422 g/mol. The van der Waals surface area contributed by atoms with E-state index in [1.54, 1.807) is 18.6 Å². The first-order valence-corrected chi connectivity index (χ1v) is 9.44. The number of fused-ring (bicyclic) bond motifs is 1. The van der Waals surface area contributed by atoms with E-state index in [1.807, 2.05) is 48.5 Å². The van der Waals surface area contributed by atoms with E-state index in [-0.39, 0.29) is 5.56 Å². The van der Waals surface area contributed by atoms with Gasteiger partial charge in [0.15, 0.2) is 6.17 Å². The smallest absolute Gasteiger partial charge is 0.257 e. The molecule has 0 fully saturated rings. The van der Waals surface area contributed by atoms with Crippen molar-refractivity contribution in [3.63, 3.8) is 0 Å². The quantitative estimate of drug-likeness (QED) is 0.649. The number of aromatic nitrogens is 2. The van der Waals surface area contributed by atoms with E-state index >= 15 is 0 Å². The van der Waals surface area contributed by atoms with Crippen molar-refractivity contribution in [3.05, 3.63) is 80.7 Å². The standard InChI is InChI=1S/C20H18BrN5O2/c1-12-10-17(27)26-18(13-4-3-5-14(21)11-13)24-19(25-20(26)22-12)23-15-6-8-16(28-2)9-7-15/h3-11,18H,1-2H3,(H2,22,23,24,25)/t18-/m1/s1. The molecule has 7 nitrogen and oxygen atoms in total. The van der Waals surface area contributed by atoms with Gasteiger partial charge in [-0.3, -0.25) is 14.7 Å². The third-order valence-electron chi connectivity index (χ3n) is 4.31. The van der Waals surface area contributed by atoms with E-state index in [1.165, 1.54) is 6.07 Å². The van der Waals surface area contributed by atoms with Gasteiger partial charge in [-0.1, -0.05) is 28.1 Å². The highest BCUT2D eigenvalue weighted by Gasteiger charge is 2.25. The number of aliphatic imine (C=N–C) groups is 1. The van der Waals surface area contributed by atoms with Gasteiger partial charge in [0.25, 0.3) is 5.56 Å². The molecule has 1 atom stereocenters. The Morgan fingerprint density at radius 2 is 1.96 bits per heavy atom. The minimum atomic E-state index is -0.532. The Bertz CT molecular complexity index is 1110. The van der Waals surface area contributed by atoms with E-state index in [0.717, 1.165) is 21.5 Å². The Hall–Kier alpha value is -3.13. The van der Waals surface area contributed by atoms with Crippen LogP contribution in [0.4, 0.5) is 11.6 Å². The van der Waals surface area contributed by atoms with Crippen LogP contribution in [0.3, 0.4) is 0 Å². The number of nitrogens with zero attached hydrogens (tertiary/aromatic N) is 3. The number of guanidine groups is 1. The van der Waals surface area contributed by atoms with Crippen LogP contribution in [0.1, 0.15) is 17.4 Å². The highest BCUT2D eigenvalue weighted by Crippen LogP contribution is 2.27. The number of hydrogen-bond donors (Lipinski definition) is 2. The lowest BCUT2D eigenvalue weighted by Crippen LogP contribution is -2.37. The molecule has 2 heterocycles. The van der Waals surface area contributed by atoms with Crippen molar-refractivity contribution >= 4 is 33.5 Å². The van der Waals surface area contributed by atoms with Crippen molar-refractivity contribution in [3.8, 4) is 5.75 Å². The number of benzene rings is 2. The average molecular weight is 440 g/mol. The first-order chi connectivity index (χ1) is 13.5. The summed E-state index contributed by atoms with van der Waals surface area (Å²) in [5.74, 6) is 1.72. The normalized spacial score (nSPS) is 15.2. The third kappa shape index (κ3) is 3.63. The second-order valence-electron chi connectivity index (χ2n) is 6.31. The molecule has 0 saturated carbocycles. The molecule has 0 unspecified atom stereocenters. The molecule has 0 spiro atoms. The number of rotatable bonds is 3. The summed E-state index contributed by atoms with van der Waals surface area (Å²) in [6.45, 7) is 1.79. The van der Waals surface area contributed by atoms with Crippen LogP contribution >= 0.6 is 15.9 Å². The molecule has 1 aliphatic heterocycles. The van der Waals surface area contributed by atoms with Crippen LogP contribution < -0.4 is 20.9 Å². The Kier molecular flexibility index (Phi) is 4.87. The molecule has 1 aromatic heterocycles. The molecule has 3 aromatic rings. The number of ether oxygens (including phenoxy) is 1. The first-order valence-electron chi connectivity index (χ1n) is 8.65. The molecule has 0 amide bonds. The van der Waals surface area contributed by atoms with E-state index in [2.05, 4.69) is 31.5 Å². The zero-order valence-electron chi connectivity index (χ0n) is 15.3. The molecule has 4 rings (SSSR count). The summed E-state index contributed by atoms with van der Waals surface area (Å²) in [5.41, 5.74) is 2.19. The van der Waals surface area contributed by atoms with Gasteiger partial charge in [0.1, 0.15) is 5.75 Å². The lowest BCUT2D eigenvalue weighted by molar-refractivity contribution is 0.415. The number of halogens is 1. The SMILES string of the molecule is COc1ccc(NC2=N[C@@H](c3cccc(Br)c3)n3c(nc(C)cc3=O)N2)cc1. The van der Waals surface area contributed by atoms with Gasteiger partial charge < -0.3 is 10.1 Å². The van der Waals surface area contributed by atoms with E-state index in [0.29, 0.717) is 17.6 Å². The number of methoxy groups -OCH3 is 1. The Morgan fingerprint density at radius 1 is 1.18 bits per heavy atom. The molecular formula is C20H18BrN5O2. The molecule has 0 saturated heterocycles. The zero-order chi connectivity index (χ0) is 19.7. The Labute approximate surface area is 170 Å². The average Bonchev–Trinajstić information content (AvgIpc) is 2.67. The van der Waals surface area contributed by atoms with Crippen molar-refractivity contribution in [1.29, 1.82) is 0 Å². The van der Waals surface area contributed by atoms with Crippen molar-refractivity contribution in [1.82, 2.24) is 9.55 Å². The molecule has 0 bridgehead atoms. The fraction of sp³-hybridized carbons (Fsp3) is 0.150. The summed E-state index contributed by atoms with van der Waals surface area (Å²) in [4.78, 5) is 21.9. The Morgan fingerprint density at radius 3 is 2.68 bits per heavy atom. The minimum absolute atomic E-state index is 0.160. The van der Waals surface area contributed by atoms with Gasteiger partial charge in [-0.05, 0) is 48.9 Å². The second kappa shape index (κ2) is 7.47. The number of nitrogens with one attached hydrogen (secondary N) is 2. The van der Waals surface area contributed by atoms with E-state index in [4.69, 9.17) is 9.73 Å². The molecule has 2 N–H and O–H groups in total. The van der Waals surface area contributed by atoms with Crippen LogP contribution in [0.2, 0.25) is 0 Å². The summed E-state index contributed by atoms with van der Waals surface area (Å²) in [7, 11) is 1.63. The fourth-order valence-electron chi connectivity index (χ4n) is 3.01. The van der Waals surface area contributed by atoms with Gasteiger partial charge >= 0.3 is 0 Å². The molecule has 1 aliphatic rings. The lowest BCUT2D eigenvalue weighted by atomic mass is 10.1. The summed E-state index contributed by atoms with van der Waals surface area (Å²) < 4.78 is 7.66. The van der Waals surface area contributed by atoms with Crippen molar-refractivity contribution in [2.75, 3.05) is 17.7 Å². The van der Waals surface area contributed by atoms with E-state index in [9.17, 15) is 4.79 Å². The van der Waals surface area contributed by atoms with Crippen LogP contribution in [-0.2, 0) is 0 Å². The van der Waals surface area contributed by atoms with Crippen molar-refractivity contribution < 1.29 is 4.74 Å². The number of anilines is 2. The van der Waals surface area contributed by atoms with Gasteiger partial charge in [0, 0.05) is 21.9 Å². The molecule has 28 heavy (non-hydrogen) atoms. The highest BCUT2D eigenvalue weighted by atomic mass is 79.9. The number of aryl methyl sites for hydroxylation is 1. The number of hydrogen-bond acceptors (Lipinski definition) is 6. The summed E-state index contributed by atoms with van der Waals surface area (Å²) in [6.07, 6.45) is -0.532. The predicted molar refractivity (Wildman–Crippen MR) is 113 cm³/mol.